The van der Waals surface area contributed by atoms with E-state index < -0.39 is 0 Å². The van der Waals surface area contributed by atoms with E-state index in [2.05, 4.69) is 64.6 Å². The molecule has 2 aromatic rings. The third-order valence-electron chi connectivity index (χ3n) is 3.25. The van der Waals surface area contributed by atoms with E-state index in [-0.39, 0.29) is 6.04 Å². The lowest BCUT2D eigenvalue weighted by atomic mass is 9.96. The fraction of sp³-hybridized carbons (Fsp3) is 0.294. The lowest BCUT2D eigenvalue weighted by molar-refractivity contribution is 0.334. The molecule has 2 rings (SSSR count). The summed E-state index contributed by atoms with van der Waals surface area (Å²) >= 11 is 3.54. The number of aryl methyl sites for hydroxylation is 1. The van der Waals surface area contributed by atoms with Crippen molar-refractivity contribution in [3.63, 3.8) is 0 Å². The summed E-state index contributed by atoms with van der Waals surface area (Å²) in [6.07, 6.45) is 0. The Labute approximate surface area is 129 Å². The molecule has 1 unspecified atom stereocenters. The van der Waals surface area contributed by atoms with E-state index in [9.17, 15) is 0 Å². The number of halogens is 1. The summed E-state index contributed by atoms with van der Waals surface area (Å²) < 4.78 is 6.86. The first-order valence-corrected chi connectivity index (χ1v) is 7.61. The van der Waals surface area contributed by atoms with E-state index in [1.54, 1.807) is 0 Å². The normalized spacial score (nSPS) is 12.2. The molecular formula is C17H20BrNO. The molecule has 2 aromatic carbocycles. The molecule has 1 atom stereocenters. The van der Waals surface area contributed by atoms with Crippen molar-refractivity contribution in [1.82, 2.24) is 5.32 Å². The zero-order chi connectivity index (χ0) is 14.5. The second kappa shape index (κ2) is 6.91. The monoisotopic (exact) mass is 333 g/mol. The molecular weight excluding hydrogens is 314 g/mol. The quantitative estimate of drug-likeness (QED) is 0.871. The SMILES string of the molecule is CCOc1ccc(C)cc1C(NC)c1cccc(Br)c1. The van der Waals surface area contributed by atoms with Gasteiger partial charge in [-0.15, -0.1) is 0 Å². The van der Waals surface area contributed by atoms with Crippen molar-refractivity contribution in [1.29, 1.82) is 0 Å². The van der Waals surface area contributed by atoms with E-state index >= 15 is 0 Å². The lowest BCUT2D eigenvalue weighted by Crippen LogP contribution is -2.19. The molecule has 0 radical (unpaired) electrons. The summed E-state index contributed by atoms with van der Waals surface area (Å²) in [7, 11) is 1.98. The highest BCUT2D eigenvalue weighted by Crippen LogP contribution is 2.31. The van der Waals surface area contributed by atoms with Gasteiger partial charge in [0.2, 0.25) is 0 Å². The highest BCUT2D eigenvalue weighted by molar-refractivity contribution is 9.10. The Bertz CT molecular complexity index is 583. The van der Waals surface area contributed by atoms with Crippen molar-refractivity contribution in [2.75, 3.05) is 13.7 Å². The third kappa shape index (κ3) is 3.41. The average molecular weight is 334 g/mol. The molecule has 2 nitrogen and oxygen atoms in total. The molecule has 3 heteroatoms. The first-order chi connectivity index (χ1) is 9.65. The number of benzene rings is 2. The second-order valence-electron chi connectivity index (χ2n) is 4.75. The first kappa shape index (κ1) is 15.1. The fourth-order valence-electron chi connectivity index (χ4n) is 2.37. The van der Waals surface area contributed by atoms with Gasteiger partial charge in [-0.1, -0.05) is 45.8 Å². The standard InChI is InChI=1S/C17H20BrNO/c1-4-20-16-9-8-12(2)10-15(16)17(19-3)13-6-5-7-14(18)11-13/h5-11,17,19H,4H2,1-3H3. The Morgan fingerprint density at radius 2 is 2.00 bits per heavy atom. The maximum absolute atomic E-state index is 5.77. The van der Waals surface area contributed by atoms with Crippen LogP contribution in [0.25, 0.3) is 0 Å². The molecule has 1 N–H and O–H groups in total. The summed E-state index contributed by atoms with van der Waals surface area (Å²) in [5.74, 6) is 0.942. The summed E-state index contributed by atoms with van der Waals surface area (Å²) in [4.78, 5) is 0. The highest BCUT2D eigenvalue weighted by Gasteiger charge is 2.17. The van der Waals surface area contributed by atoms with Crippen LogP contribution in [0.5, 0.6) is 5.75 Å². The van der Waals surface area contributed by atoms with Crippen LogP contribution < -0.4 is 10.1 Å². The predicted octanol–water partition coefficient (Wildman–Crippen LogP) is 4.47. The molecule has 0 aliphatic carbocycles. The van der Waals surface area contributed by atoms with Crippen LogP contribution in [0.2, 0.25) is 0 Å². The average Bonchev–Trinajstić information content (AvgIpc) is 2.43. The molecule has 0 saturated heterocycles. The van der Waals surface area contributed by atoms with E-state index in [1.807, 2.05) is 20.0 Å². The van der Waals surface area contributed by atoms with Gasteiger partial charge in [0, 0.05) is 10.0 Å². The largest absolute Gasteiger partial charge is 0.494 e. The molecule has 20 heavy (non-hydrogen) atoms. The van der Waals surface area contributed by atoms with E-state index in [0.29, 0.717) is 6.61 Å². The van der Waals surface area contributed by atoms with Gasteiger partial charge in [0.15, 0.2) is 0 Å². The van der Waals surface area contributed by atoms with Gasteiger partial charge in [0.05, 0.1) is 12.6 Å². The van der Waals surface area contributed by atoms with Crippen molar-refractivity contribution in [2.24, 2.45) is 0 Å². The molecule has 0 aromatic heterocycles. The fourth-order valence-corrected chi connectivity index (χ4v) is 2.79. The lowest BCUT2D eigenvalue weighted by Gasteiger charge is -2.21. The molecule has 106 valence electrons. The van der Waals surface area contributed by atoms with Gasteiger partial charge >= 0.3 is 0 Å². The van der Waals surface area contributed by atoms with Crippen molar-refractivity contribution < 1.29 is 4.74 Å². The topological polar surface area (TPSA) is 21.3 Å². The first-order valence-electron chi connectivity index (χ1n) is 6.81. The van der Waals surface area contributed by atoms with Gasteiger partial charge in [-0.3, -0.25) is 0 Å². The van der Waals surface area contributed by atoms with Crippen LogP contribution in [-0.4, -0.2) is 13.7 Å². The van der Waals surface area contributed by atoms with Gasteiger partial charge in [-0.25, -0.2) is 0 Å². The number of hydrogen-bond donors (Lipinski definition) is 1. The second-order valence-corrected chi connectivity index (χ2v) is 5.67. The van der Waals surface area contributed by atoms with Crippen LogP contribution in [0.3, 0.4) is 0 Å². The van der Waals surface area contributed by atoms with Crippen LogP contribution in [-0.2, 0) is 0 Å². The van der Waals surface area contributed by atoms with Gasteiger partial charge in [-0.05, 0) is 44.7 Å². The van der Waals surface area contributed by atoms with Gasteiger partial charge in [0.25, 0.3) is 0 Å². The molecule has 0 saturated carbocycles. The summed E-state index contributed by atoms with van der Waals surface area (Å²) in [6, 6.07) is 14.8. The van der Waals surface area contributed by atoms with Crippen LogP contribution in [0.1, 0.15) is 29.7 Å². The molecule has 0 fully saturated rings. The summed E-state index contributed by atoms with van der Waals surface area (Å²) in [5, 5.41) is 3.39. The molecule has 0 aliphatic heterocycles. The summed E-state index contributed by atoms with van der Waals surface area (Å²) in [6.45, 7) is 4.79. The van der Waals surface area contributed by atoms with E-state index in [4.69, 9.17) is 4.74 Å². The van der Waals surface area contributed by atoms with Gasteiger partial charge in [0.1, 0.15) is 5.75 Å². The minimum Gasteiger partial charge on any atom is -0.494 e. The molecule has 0 heterocycles. The zero-order valence-corrected chi connectivity index (χ0v) is 13.7. The van der Waals surface area contributed by atoms with Crippen molar-refractivity contribution >= 4 is 15.9 Å². The number of rotatable bonds is 5. The van der Waals surface area contributed by atoms with Crippen LogP contribution in [0, 0.1) is 6.92 Å². The Kier molecular flexibility index (Phi) is 5.21. The third-order valence-corrected chi connectivity index (χ3v) is 3.74. The van der Waals surface area contributed by atoms with E-state index in [0.717, 1.165) is 10.2 Å². The van der Waals surface area contributed by atoms with Crippen molar-refractivity contribution in [2.45, 2.75) is 19.9 Å². The molecule has 0 amide bonds. The Balaban J connectivity index is 2.48. The van der Waals surface area contributed by atoms with E-state index in [1.165, 1.54) is 16.7 Å². The Hall–Kier alpha value is -1.32. The Morgan fingerprint density at radius 3 is 2.65 bits per heavy atom. The Morgan fingerprint density at radius 1 is 1.20 bits per heavy atom. The molecule has 0 bridgehead atoms. The van der Waals surface area contributed by atoms with Gasteiger partial charge < -0.3 is 10.1 Å². The van der Waals surface area contributed by atoms with Crippen LogP contribution >= 0.6 is 15.9 Å². The minimum absolute atomic E-state index is 0.119. The molecule has 0 spiro atoms. The highest BCUT2D eigenvalue weighted by atomic mass is 79.9. The number of ether oxygens (including phenoxy) is 1. The minimum atomic E-state index is 0.119. The maximum atomic E-state index is 5.77. The number of hydrogen-bond acceptors (Lipinski definition) is 2. The summed E-state index contributed by atoms with van der Waals surface area (Å²) in [5.41, 5.74) is 3.62. The van der Waals surface area contributed by atoms with Crippen molar-refractivity contribution in [3.05, 3.63) is 63.6 Å². The zero-order valence-electron chi connectivity index (χ0n) is 12.1. The smallest absolute Gasteiger partial charge is 0.124 e. The van der Waals surface area contributed by atoms with Crippen LogP contribution in [0.4, 0.5) is 0 Å². The van der Waals surface area contributed by atoms with Gasteiger partial charge in [-0.2, -0.15) is 0 Å². The predicted molar refractivity (Wildman–Crippen MR) is 87.4 cm³/mol. The van der Waals surface area contributed by atoms with Crippen LogP contribution in [0.15, 0.2) is 46.9 Å². The maximum Gasteiger partial charge on any atom is 0.124 e. The van der Waals surface area contributed by atoms with Crippen molar-refractivity contribution in [3.8, 4) is 5.75 Å². The number of nitrogens with one attached hydrogen (secondary N) is 1. The molecule has 0 aliphatic rings.